The minimum atomic E-state index is -0.992. The fourth-order valence-electron chi connectivity index (χ4n) is 3.46. The summed E-state index contributed by atoms with van der Waals surface area (Å²) in [6.45, 7) is 0.169. The lowest BCUT2D eigenvalue weighted by Gasteiger charge is -2.11. The Kier molecular flexibility index (Phi) is 5.54. The predicted octanol–water partition coefficient (Wildman–Crippen LogP) is 5.04. The zero-order valence-electron chi connectivity index (χ0n) is 16.8. The van der Waals surface area contributed by atoms with Gasteiger partial charge < -0.3 is 9.84 Å². The van der Waals surface area contributed by atoms with E-state index in [0.29, 0.717) is 30.9 Å². The van der Waals surface area contributed by atoms with Gasteiger partial charge in [0, 0.05) is 0 Å². The van der Waals surface area contributed by atoms with E-state index in [1.54, 1.807) is 34.7 Å². The lowest BCUT2D eigenvalue weighted by atomic mass is 10.1. The van der Waals surface area contributed by atoms with Crippen LogP contribution in [-0.2, 0) is 6.61 Å². The van der Waals surface area contributed by atoms with Gasteiger partial charge in [-0.1, -0.05) is 58.8 Å². The largest absolute Gasteiger partial charge is 0.486 e. The van der Waals surface area contributed by atoms with Gasteiger partial charge in [0.15, 0.2) is 10.7 Å². The summed E-state index contributed by atoms with van der Waals surface area (Å²) in [4.78, 5) is 29.0. The molecule has 0 fully saturated rings. The third-order valence-corrected chi connectivity index (χ3v) is 6.58. The molecule has 0 aliphatic carbocycles. The Hall–Kier alpha value is -3.39. The Morgan fingerprint density at radius 2 is 1.79 bits per heavy atom. The monoisotopic (exact) mass is 496 g/mol. The van der Waals surface area contributed by atoms with Crippen molar-refractivity contribution in [3.8, 4) is 5.75 Å². The highest BCUT2D eigenvalue weighted by Gasteiger charge is 2.13. The molecule has 0 aliphatic rings. The summed E-state index contributed by atoms with van der Waals surface area (Å²) in [5.74, 6) is -0.680. The number of hydrogen-bond donors (Lipinski definition) is 1. The summed E-state index contributed by atoms with van der Waals surface area (Å²) < 4.78 is 7.88. The minimum absolute atomic E-state index is 0.152. The van der Waals surface area contributed by atoms with E-state index in [2.05, 4.69) is 4.98 Å². The second kappa shape index (κ2) is 8.51. The number of ether oxygens (including phenoxy) is 1. The van der Waals surface area contributed by atoms with Gasteiger partial charge in [0.05, 0.1) is 31.2 Å². The highest BCUT2D eigenvalue weighted by molar-refractivity contribution is 7.15. The number of rotatable bonds is 5. The SMILES string of the molecule is O=C(O)c1ccc(COc2c(Cl)cc(/C=c3\sc4nc5ccccc5n4c3=O)cc2Cl)cc1. The van der Waals surface area contributed by atoms with Crippen LogP contribution in [0.3, 0.4) is 0 Å². The number of aromatic carboxylic acids is 1. The molecule has 0 unspecified atom stereocenters. The summed E-state index contributed by atoms with van der Waals surface area (Å²) in [6, 6.07) is 17.2. The molecule has 0 saturated heterocycles. The maximum atomic E-state index is 12.9. The van der Waals surface area contributed by atoms with E-state index in [1.807, 2.05) is 24.3 Å². The molecule has 0 amide bonds. The van der Waals surface area contributed by atoms with Crippen LogP contribution < -0.4 is 14.8 Å². The maximum Gasteiger partial charge on any atom is 0.335 e. The van der Waals surface area contributed by atoms with Crippen molar-refractivity contribution in [1.29, 1.82) is 0 Å². The van der Waals surface area contributed by atoms with Crippen molar-refractivity contribution < 1.29 is 14.6 Å². The first-order chi connectivity index (χ1) is 15.9. The van der Waals surface area contributed by atoms with E-state index in [0.717, 1.165) is 16.6 Å². The van der Waals surface area contributed by atoms with Gasteiger partial charge >= 0.3 is 5.97 Å². The number of halogens is 2. The molecule has 33 heavy (non-hydrogen) atoms. The summed E-state index contributed by atoms with van der Waals surface area (Å²) >= 11 is 14.1. The minimum Gasteiger partial charge on any atom is -0.486 e. The quantitative estimate of drug-likeness (QED) is 0.368. The van der Waals surface area contributed by atoms with Crippen LogP contribution in [-0.4, -0.2) is 20.5 Å². The molecule has 9 heteroatoms. The van der Waals surface area contributed by atoms with Crippen molar-refractivity contribution in [3.05, 3.63) is 102 Å². The van der Waals surface area contributed by atoms with Crippen LogP contribution in [0.2, 0.25) is 10.0 Å². The zero-order chi connectivity index (χ0) is 23.1. The van der Waals surface area contributed by atoms with Gasteiger partial charge in [-0.25, -0.2) is 14.2 Å². The first-order valence-electron chi connectivity index (χ1n) is 9.76. The maximum absolute atomic E-state index is 12.9. The van der Waals surface area contributed by atoms with Gasteiger partial charge in [-0.15, -0.1) is 0 Å². The fourth-order valence-corrected chi connectivity index (χ4v) is 5.06. The second-order valence-corrected chi connectivity index (χ2v) is 9.06. The third-order valence-electron chi connectivity index (χ3n) is 5.05. The number of para-hydroxylation sites is 2. The first-order valence-corrected chi connectivity index (χ1v) is 11.3. The number of carbonyl (C=O) groups is 1. The molecule has 0 aliphatic heterocycles. The molecule has 0 atom stereocenters. The fraction of sp³-hybridized carbons (Fsp3) is 0.0417. The zero-order valence-corrected chi connectivity index (χ0v) is 19.1. The van der Waals surface area contributed by atoms with Gasteiger partial charge in [0.2, 0.25) is 0 Å². The van der Waals surface area contributed by atoms with E-state index in [9.17, 15) is 9.59 Å². The number of aromatic nitrogens is 2. The molecular formula is C24H14Cl2N2O4S. The molecule has 2 aromatic heterocycles. The molecule has 0 spiro atoms. The molecule has 5 aromatic rings. The van der Waals surface area contributed by atoms with Gasteiger partial charge in [-0.3, -0.25) is 4.79 Å². The molecular weight excluding hydrogens is 483 g/mol. The molecule has 6 nitrogen and oxygen atoms in total. The topological polar surface area (TPSA) is 80.9 Å². The third kappa shape index (κ3) is 4.06. The lowest BCUT2D eigenvalue weighted by molar-refractivity contribution is 0.0697. The van der Waals surface area contributed by atoms with Crippen LogP contribution in [0, 0.1) is 0 Å². The Bertz CT molecular complexity index is 1620. The van der Waals surface area contributed by atoms with Gasteiger partial charge in [-0.05, 0) is 53.6 Å². The second-order valence-electron chi connectivity index (χ2n) is 7.24. The van der Waals surface area contributed by atoms with Crippen molar-refractivity contribution in [3.63, 3.8) is 0 Å². The average molecular weight is 497 g/mol. The molecule has 0 radical (unpaired) electrons. The molecule has 0 saturated carbocycles. The highest BCUT2D eigenvalue weighted by atomic mass is 35.5. The van der Waals surface area contributed by atoms with Gasteiger partial charge in [0.1, 0.15) is 6.61 Å². The standard InChI is InChI=1S/C24H14Cl2N2O4S/c25-16-9-14(10-17(26)21(16)32-12-13-5-7-15(8-6-13)23(30)31)11-20-22(29)28-19-4-2-1-3-18(19)27-24(28)33-20/h1-11H,12H2,(H,30,31)/b20-11-. The van der Waals surface area contributed by atoms with Crippen LogP contribution in [0.5, 0.6) is 5.75 Å². The summed E-state index contributed by atoms with van der Waals surface area (Å²) in [5, 5.41) is 9.59. The van der Waals surface area contributed by atoms with Crippen LogP contribution in [0.4, 0.5) is 0 Å². The number of nitrogens with zero attached hydrogens (tertiary/aromatic N) is 2. The van der Waals surface area contributed by atoms with Crippen LogP contribution in [0.15, 0.2) is 65.5 Å². The Labute approximate surface area is 200 Å². The normalized spacial score (nSPS) is 12.0. The van der Waals surface area contributed by atoms with Crippen molar-refractivity contribution in [2.75, 3.05) is 0 Å². The molecule has 2 heterocycles. The van der Waals surface area contributed by atoms with E-state index >= 15 is 0 Å². The molecule has 5 rings (SSSR count). The highest BCUT2D eigenvalue weighted by Crippen LogP contribution is 2.35. The number of carboxylic acids is 1. The Morgan fingerprint density at radius 3 is 2.48 bits per heavy atom. The first kappa shape index (κ1) is 21.5. The van der Waals surface area contributed by atoms with E-state index in [4.69, 9.17) is 33.0 Å². The summed E-state index contributed by atoms with van der Waals surface area (Å²) in [6.07, 6.45) is 1.72. The van der Waals surface area contributed by atoms with Gasteiger partial charge in [0.25, 0.3) is 5.56 Å². The smallest absolute Gasteiger partial charge is 0.335 e. The van der Waals surface area contributed by atoms with Crippen LogP contribution >= 0.6 is 34.5 Å². The Morgan fingerprint density at radius 1 is 1.09 bits per heavy atom. The molecule has 3 aromatic carbocycles. The van der Waals surface area contributed by atoms with Crippen molar-refractivity contribution in [2.45, 2.75) is 6.61 Å². The molecule has 164 valence electrons. The van der Waals surface area contributed by atoms with E-state index in [1.165, 1.54) is 23.5 Å². The number of benzene rings is 3. The number of thiazole rings is 1. The number of hydrogen-bond acceptors (Lipinski definition) is 5. The number of imidazole rings is 1. The van der Waals surface area contributed by atoms with E-state index in [-0.39, 0.29) is 17.7 Å². The van der Waals surface area contributed by atoms with Crippen LogP contribution in [0.1, 0.15) is 21.5 Å². The summed E-state index contributed by atoms with van der Waals surface area (Å²) in [7, 11) is 0. The Balaban J connectivity index is 1.44. The van der Waals surface area contributed by atoms with Crippen molar-refractivity contribution >= 4 is 62.6 Å². The van der Waals surface area contributed by atoms with Crippen molar-refractivity contribution in [1.82, 2.24) is 9.38 Å². The van der Waals surface area contributed by atoms with E-state index < -0.39 is 5.97 Å². The van der Waals surface area contributed by atoms with Crippen molar-refractivity contribution in [2.24, 2.45) is 0 Å². The number of fused-ring (bicyclic) bond motifs is 3. The number of carboxylic acid groups (broad SMARTS) is 1. The van der Waals surface area contributed by atoms with Gasteiger partial charge in [-0.2, -0.15) is 0 Å². The molecule has 0 bridgehead atoms. The average Bonchev–Trinajstić information content (AvgIpc) is 3.29. The lowest BCUT2D eigenvalue weighted by Crippen LogP contribution is -2.22. The molecule has 1 N–H and O–H groups in total. The summed E-state index contributed by atoms with van der Waals surface area (Å²) in [5.41, 5.74) is 3.02. The predicted molar refractivity (Wildman–Crippen MR) is 130 cm³/mol. The van der Waals surface area contributed by atoms with Crippen LogP contribution in [0.25, 0.3) is 22.1 Å².